The number of aryl methyl sites for hydroxylation is 1. The third kappa shape index (κ3) is 3.69. The molecule has 2 atom stereocenters. The van der Waals surface area contributed by atoms with Crippen LogP contribution in [0.4, 0.5) is 4.39 Å². The third-order valence-electron chi connectivity index (χ3n) is 4.80. The Morgan fingerprint density at radius 1 is 1.38 bits per heavy atom. The summed E-state index contributed by atoms with van der Waals surface area (Å²) in [6.07, 6.45) is 4.79. The van der Waals surface area contributed by atoms with Crippen molar-refractivity contribution in [3.63, 3.8) is 0 Å². The molecule has 0 aliphatic carbocycles. The van der Waals surface area contributed by atoms with E-state index in [1.807, 2.05) is 17.5 Å². The molecule has 0 bridgehead atoms. The highest BCUT2D eigenvalue weighted by atomic mass is 32.1. The summed E-state index contributed by atoms with van der Waals surface area (Å²) in [4.78, 5) is 18.5. The summed E-state index contributed by atoms with van der Waals surface area (Å²) in [5.74, 6) is -1.59. The average Bonchev–Trinajstić information content (AvgIpc) is 3.42. The van der Waals surface area contributed by atoms with E-state index < -0.39 is 12.1 Å². The molecular weight excluding hydrogens is 397 g/mol. The van der Waals surface area contributed by atoms with Gasteiger partial charge in [0, 0.05) is 31.7 Å². The van der Waals surface area contributed by atoms with Crippen LogP contribution in [0.2, 0.25) is 0 Å². The third-order valence-corrected chi connectivity index (χ3v) is 5.95. The Balaban J connectivity index is 1.51. The summed E-state index contributed by atoms with van der Waals surface area (Å²) in [6, 6.07) is 6.15. The van der Waals surface area contributed by atoms with Crippen LogP contribution in [-0.4, -0.2) is 48.1 Å². The highest BCUT2D eigenvalue weighted by Gasteiger charge is 2.36. The molecule has 1 aliphatic heterocycles. The molecule has 2 aromatic heterocycles. The normalized spacial score (nSPS) is 21.2. The first-order valence-electron chi connectivity index (χ1n) is 8.92. The minimum Gasteiger partial charge on any atom is -0.352 e. The van der Waals surface area contributed by atoms with E-state index in [-0.39, 0.29) is 18.3 Å². The zero-order chi connectivity index (χ0) is 20.6. The van der Waals surface area contributed by atoms with Crippen LogP contribution < -0.4 is 5.32 Å². The number of amides is 1. The molecule has 0 saturated heterocycles. The van der Waals surface area contributed by atoms with Crippen LogP contribution in [-0.2, 0) is 14.2 Å². The number of thiazole rings is 1. The molecule has 1 N–H and O–H groups in total. The van der Waals surface area contributed by atoms with Gasteiger partial charge in [-0.05, 0) is 43.3 Å². The highest BCUT2D eigenvalue weighted by molar-refractivity contribution is 7.19. The summed E-state index contributed by atoms with van der Waals surface area (Å²) in [5.41, 5.74) is 2.31. The lowest BCUT2D eigenvalue weighted by Gasteiger charge is -2.27. The predicted octanol–water partition coefficient (Wildman–Crippen LogP) is 3.14. The molecule has 0 saturated carbocycles. The Bertz CT molecular complexity index is 1080. The molecule has 1 amide bonds. The van der Waals surface area contributed by atoms with Crippen molar-refractivity contribution in [3.05, 3.63) is 59.0 Å². The molecule has 1 aliphatic rings. The second-order valence-corrected chi connectivity index (χ2v) is 7.56. The van der Waals surface area contributed by atoms with Crippen LogP contribution in [0.25, 0.3) is 16.2 Å². The van der Waals surface area contributed by atoms with Gasteiger partial charge in [-0.15, -0.1) is 0 Å². The molecule has 2 unspecified atom stereocenters. The molecule has 1 aromatic carbocycles. The molecule has 0 radical (unpaired) electrons. The minimum absolute atomic E-state index is 0.138. The van der Waals surface area contributed by atoms with Gasteiger partial charge in [-0.2, -0.15) is 0 Å². The number of benzene rings is 1. The molecule has 3 aromatic rings. The highest BCUT2D eigenvalue weighted by Crippen LogP contribution is 2.28. The van der Waals surface area contributed by atoms with Gasteiger partial charge in [-0.25, -0.2) is 9.37 Å². The first kappa shape index (κ1) is 19.7. The number of ether oxygens (including phenoxy) is 3. The summed E-state index contributed by atoms with van der Waals surface area (Å²) in [6.45, 7) is 1.99. The Hall–Kier alpha value is -2.59. The monoisotopic (exact) mass is 417 g/mol. The van der Waals surface area contributed by atoms with Crippen molar-refractivity contribution >= 4 is 22.2 Å². The number of methoxy groups -OCH3 is 2. The number of imidazole rings is 1. The molecule has 0 fully saturated rings. The van der Waals surface area contributed by atoms with E-state index in [0.29, 0.717) is 9.84 Å². The van der Waals surface area contributed by atoms with Crippen molar-refractivity contribution in [2.75, 3.05) is 20.8 Å². The summed E-state index contributed by atoms with van der Waals surface area (Å²) >= 11 is 1.29. The van der Waals surface area contributed by atoms with Crippen molar-refractivity contribution < 1.29 is 23.4 Å². The van der Waals surface area contributed by atoms with E-state index in [2.05, 4.69) is 10.3 Å². The number of hydrogen-bond acceptors (Lipinski definition) is 6. The number of hydrogen-bond donors (Lipinski definition) is 1. The molecule has 9 heteroatoms. The minimum atomic E-state index is -1.06. The topological polar surface area (TPSA) is 74.1 Å². The Morgan fingerprint density at radius 3 is 2.76 bits per heavy atom. The van der Waals surface area contributed by atoms with Gasteiger partial charge >= 0.3 is 0 Å². The maximum absolute atomic E-state index is 13.1. The van der Waals surface area contributed by atoms with Gasteiger partial charge in [-0.3, -0.25) is 9.20 Å². The molecule has 152 valence electrons. The Morgan fingerprint density at radius 2 is 2.14 bits per heavy atom. The molecule has 3 heterocycles. The number of nitrogens with one attached hydrogen (secondary N) is 1. The van der Waals surface area contributed by atoms with E-state index in [4.69, 9.17) is 14.2 Å². The van der Waals surface area contributed by atoms with Gasteiger partial charge in [0.15, 0.2) is 11.3 Å². The number of rotatable bonds is 6. The quantitative estimate of drug-likeness (QED) is 0.624. The van der Waals surface area contributed by atoms with Gasteiger partial charge in [0.05, 0.1) is 12.2 Å². The van der Waals surface area contributed by atoms with Crippen molar-refractivity contribution in [3.8, 4) is 11.3 Å². The van der Waals surface area contributed by atoms with E-state index in [9.17, 15) is 9.18 Å². The van der Waals surface area contributed by atoms with Crippen LogP contribution >= 0.6 is 11.3 Å². The lowest BCUT2D eigenvalue weighted by atomic mass is 10.2. The number of carbonyl (C=O) groups excluding carboxylic acids is 1. The predicted molar refractivity (Wildman–Crippen MR) is 106 cm³/mol. The number of aromatic nitrogens is 2. The SMILES string of the molecule is COC1C=CC(CNC(=O)c2sc3nc(-c4ccc(F)cc4)cn3c2C)(OC)O1. The van der Waals surface area contributed by atoms with Crippen molar-refractivity contribution in [1.29, 1.82) is 0 Å². The van der Waals surface area contributed by atoms with Crippen LogP contribution in [0.15, 0.2) is 42.6 Å². The smallest absolute Gasteiger partial charge is 0.263 e. The van der Waals surface area contributed by atoms with E-state index in [1.165, 1.54) is 37.7 Å². The Kier molecular flexibility index (Phi) is 5.22. The van der Waals surface area contributed by atoms with Gasteiger partial charge in [0.25, 0.3) is 5.91 Å². The average molecular weight is 417 g/mol. The maximum atomic E-state index is 13.1. The van der Waals surface area contributed by atoms with Crippen molar-refractivity contribution in [1.82, 2.24) is 14.7 Å². The second-order valence-electron chi connectivity index (χ2n) is 6.58. The standard InChI is InChI=1S/C20H20FN3O4S/c1-12-17(18(25)22-11-20(27-3)9-8-16(26-2)28-20)29-19-23-15(10-24(12)19)13-4-6-14(21)7-5-13/h4-10,16H,11H2,1-3H3,(H,22,25). The molecular formula is C20H20FN3O4S. The molecule has 0 spiro atoms. The fourth-order valence-corrected chi connectivity index (χ4v) is 4.15. The summed E-state index contributed by atoms with van der Waals surface area (Å²) in [7, 11) is 3.04. The van der Waals surface area contributed by atoms with E-state index >= 15 is 0 Å². The fraction of sp³-hybridized carbons (Fsp3) is 0.300. The van der Waals surface area contributed by atoms with Crippen molar-refractivity contribution in [2.45, 2.75) is 19.0 Å². The van der Waals surface area contributed by atoms with E-state index in [1.54, 1.807) is 24.3 Å². The van der Waals surface area contributed by atoms with Gasteiger partial charge in [-0.1, -0.05) is 11.3 Å². The largest absolute Gasteiger partial charge is 0.352 e. The van der Waals surface area contributed by atoms with Crippen LogP contribution in [0.3, 0.4) is 0 Å². The number of carbonyl (C=O) groups is 1. The van der Waals surface area contributed by atoms with Gasteiger partial charge in [0.2, 0.25) is 5.79 Å². The summed E-state index contributed by atoms with van der Waals surface area (Å²) < 4.78 is 31.2. The van der Waals surface area contributed by atoms with Gasteiger partial charge in [0.1, 0.15) is 10.7 Å². The number of fused-ring (bicyclic) bond motifs is 1. The molecule has 4 rings (SSSR count). The van der Waals surface area contributed by atoms with Crippen LogP contribution in [0.5, 0.6) is 0 Å². The maximum Gasteiger partial charge on any atom is 0.263 e. The van der Waals surface area contributed by atoms with Crippen LogP contribution in [0.1, 0.15) is 15.4 Å². The molecule has 29 heavy (non-hydrogen) atoms. The Labute approximate surface area is 170 Å². The van der Waals surface area contributed by atoms with Crippen LogP contribution in [0, 0.1) is 12.7 Å². The first-order valence-corrected chi connectivity index (χ1v) is 9.74. The fourth-order valence-electron chi connectivity index (χ4n) is 3.12. The molecule has 7 nitrogen and oxygen atoms in total. The number of halogens is 1. The summed E-state index contributed by atoms with van der Waals surface area (Å²) in [5, 5.41) is 2.85. The lowest BCUT2D eigenvalue weighted by molar-refractivity contribution is -0.238. The first-order chi connectivity index (χ1) is 13.9. The zero-order valence-electron chi connectivity index (χ0n) is 16.1. The zero-order valence-corrected chi connectivity index (χ0v) is 17.0. The second kappa shape index (κ2) is 7.68. The van der Waals surface area contributed by atoms with Crippen molar-refractivity contribution in [2.24, 2.45) is 0 Å². The lowest BCUT2D eigenvalue weighted by Crippen LogP contribution is -2.44. The van der Waals surface area contributed by atoms with E-state index in [0.717, 1.165) is 17.0 Å². The number of nitrogens with zero attached hydrogens (tertiary/aromatic N) is 2. The van der Waals surface area contributed by atoms with Gasteiger partial charge < -0.3 is 19.5 Å².